The third-order valence-corrected chi connectivity index (χ3v) is 5.54. The van der Waals surface area contributed by atoms with Gasteiger partial charge in [0.15, 0.2) is 23.0 Å². The second kappa shape index (κ2) is 11.3. The van der Waals surface area contributed by atoms with Crippen molar-refractivity contribution in [2.24, 2.45) is 5.73 Å². The van der Waals surface area contributed by atoms with E-state index in [0.717, 1.165) is 47.5 Å². The van der Waals surface area contributed by atoms with Gasteiger partial charge in [-0.05, 0) is 67.1 Å². The molecule has 2 aromatic carbocycles. The third-order valence-electron chi connectivity index (χ3n) is 5.54. The van der Waals surface area contributed by atoms with Crippen LogP contribution in [0.25, 0.3) is 0 Å². The molecule has 3 rings (SSSR count). The number of hydrogen-bond donors (Lipinski definition) is 1. The Morgan fingerprint density at radius 2 is 1.41 bits per heavy atom. The van der Waals surface area contributed by atoms with E-state index in [1.807, 2.05) is 25.1 Å². The van der Waals surface area contributed by atoms with E-state index in [1.165, 1.54) is 0 Å². The predicted octanol–water partition coefficient (Wildman–Crippen LogP) is 4.74. The second-order valence-corrected chi connectivity index (χ2v) is 7.80. The van der Waals surface area contributed by atoms with E-state index >= 15 is 0 Å². The molecule has 7 nitrogen and oxygen atoms in total. The van der Waals surface area contributed by atoms with Gasteiger partial charge in [-0.3, -0.25) is 0 Å². The van der Waals surface area contributed by atoms with Crippen LogP contribution in [0.5, 0.6) is 28.7 Å². The highest BCUT2D eigenvalue weighted by Crippen LogP contribution is 2.47. The monoisotopic (exact) mass is 445 g/mol. The molecule has 32 heavy (non-hydrogen) atoms. The first-order chi connectivity index (χ1) is 15.6. The molecule has 0 aliphatic carbocycles. The van der Waals surface area contributed by atoms with E-state index in [9.17, 15) is 0 Å². The molecule has 2 atom stereocenters. The summed E-state index contributed by atoms with van der Waals surface area (Å²) in [5.41, 5.74) is 8.76. The van der Waals surface area contributed by atoms with Crippen LogP contribution in [0.2, 0.25) is 0 Å². The first-order valence-corrected chi connectivity index (χ1v) is 11.1. The van der Waals surface area contributed by atoms with Gasteiger partial charge < -0.3 is 34.2 Å². The summed E-state index contributed by atoms with van der Waals surface area (Å²) in [6.07, 6.45) is 2.60. The minimum Gasteiger partial charge on any atom is -0.493 e. The Morgan fingerprint density at radius 1 is 0.812 bits per heavy atom. The fourth-order valence-electron chi connectivity index (χ4n) is 4.03. The molecular weight excluding hydrogens is 410 g/mol. The molecule has 1 fully saturated rings. The molecule has 0 unspecified atom stereocenters. The summed E-state index contributed by atoms with van der Waals surface area (Å²) in [6, 6.07) is 8.06. The number of hydrogen-bond acceptors (Lipinski definition) is 7. The van der Waals surface area contributed by atoms with Crippen LogP contribution in [0.3, 0.4) is 0 Å². The summed E-state index contributed by atoms with van der Waals surface area (Å²) >= 11 is 0. The zero-order chi connectivity index (χ0) is 23.1. The maximum absolute atomic E-state index is 6.47. The van der Waals surface area contributed by atoms with Gasteiger partial charge in [0.05, 0.1) is 40.1 Å². The van der Waals surface area contributed by atoms with Gasteiger partial charge in [0.2, 0.25) is 5.75 Å². The molecule has 0 aromatic heterocycles. The normalized spacial score (nSPS) is 17.8. The quantitative estimate of drug-likeness (QED) is 0.535. The molecule has 1 aliphatic heterocycles. The molecule has 2 N–H and O–H groups in total. The van der Waals surface area contributed by atoms with Crippen LogP contribution in [0.4, 0.5) is 0 Å². The van der Waals surface area contributed by atoms with Crippen LogP contribution >= 0.6 is 0 Å². The first kappa shape index (κ1) is 24.0. The molecule has 0 amide bonds. The number of aryl methyl sites for hydroxylation is 1. The Morgan fingerprint density at radius 3 is 1.94 bits per heavy atom. The van der Waals surface area contributed by atoms with Gasteiger partial charge in [0.1, 0.15) is 6.61 Å². The maximum atomic E-state index is 6.47. The Bertz CT molecular complexity index is 875. The van der Waals surface area contributed by atoms with E-state index in [1.54, 1.807) is 21.3 Å². The van der Waals surface area contributed by atoms with Crippen molar-refractivity contribution < 1.29 is 28.4 Å². The minimum absolute atomic E-state index is 0.0433. The van der Waals surface area contributed by atoms with E-state index in [2.05, 4.69) is 13.0 Å². The van der Waals surface area contributed by atoms with Crippen molar-refractivity contribution in [1.29, 1.82) is 0 Å². The molecule has 1 heterocycles. The van der Waals surface area contributed by atoms with Gasteiger partial charge in [0.25, 0.3) is 0 Å². The average Bonchev–Trinajstić information content (AvgIpc) is 3.31. The molecule has 2 aromatic rings. The number of ether oxygens (including phenoxy) is 6. The number of methoxy groups -OCH3 is 3. The highest BCUT2D eigenvalue weighted by Gasteiger charge is 2.30. The summed E-state index contributed by atoms with van der Waals surface area (Å²) < 4.78 is 34.8. The van der Waals surface area contributed by atoms with Gasteiger partial charge in [-0.1, -0.05) is 6.92 Å². The summed E-state index contributed by atoms with van der Waals surface area (Å²) in [6.45, 7) is 5.64. The number of nitrogens with two attached hydrogens (primary N) is 1. The zero-order valence-electron chi connectivity index (χ0n) is 19.7. The SMILES string of the molecule is CCCOc1c(C)cc([C@H]2CC[C@H](c3cc(OC)c(OC)c(OC)c3)O2)cc1OCCN. The second-order valence-electron chi connectivity index (χ2n) is 7.80. The van der Waals surface area contributed by atoms with Crippen molar-refractivity contribution >= 4 is 0 Å². The van der Waals surface area contributed by atoms with Crippen LogP contribution in [0.15, 0.2) is 24.3 Å². The van der Waals surface area contributed by atoms with Gasteiger partial charge in [-0.2, -0.15) is 0 Å². The third kappa shape index (κ3) is 5.22. The molecule has 0 saturated carbocycles. The standard InChI is InChI=1S/C25H35NO6/c1-6-10-31-24-16(2)12-17(15-23(24)30-11-9-26)19-7-8-20(32-19)18-13-21(27-3)25(29-5)22(14-18)28-4/h12-15,19-20H,6-11,26H2,1-5H3/t19-,20-/m1/s1. The maximum Gasteiger partial charge on any atom is 0.203 e. The fraction of sp³-hybridized carbons (Fsp3) is 0.520. The highest BCUT2D eigenvalue weighted by molar-refractivity contribution is 5.54. The van der Waals surface area contributed by atoms with Gasteiger partial charge >= 0.3 is 0 Å². The van der Waals surface area contributed by atoms with Crippen molar-refractivity contribution in [1.82, 2.24) is 0 Å². The molecule has 1 saturated heterocycles. The summed E-state index contributed by atoms with van der Waals surface area (Å²) in [4.78, 5) is 0. The van der Waals surface area contributed by atoms with Crippen molar-refractivity contribution in [3.05, 3.63) is 41.0 Å². The topological polar surface area (TPSA) is 81.4 Å². The van der Waals surface area contributed by atoms with Gasteiger partial charge in [-0.15, -0.1) is 0 Å². The van der Waals surface area contributed by atoms with Crippen LogP contribution in [0, 0.1) is 6.92 Å². The van der Waals surface area contributed by atoms with Crippen molar-refractivity contribution in [2.45, 2.75) is 45.3 Å². The van der Waals surface area contributed by atoms with Gasteiger partial charge in [0, 0.05) is 6.54 Å². The molecule has 176 valence electrons. The van der Waals surface area contributed by atoms with Crippen molar-refractivity contribution in [3.8, 4) is 28.7 Å². The Hall–Kier alpha value is -2.64. The number of benzene rings is 2. The van der Waals surface area contributed by atoms with Crippen molar-refractivity contribution in [2.75, 3.05) is 41.1 Å². The van der Waals surface area contributed by atoms with Crippen LogP contribution in [0.1, 0.15) is 55.1 Å². The molecule has 7 heteroatoms. The van der Waals surface area contributed by atoms with E-state index in [-0.39, 0.29) is 12.2 Å². The zero-order valence-corrected chi connectivity index (χ0v) is 19.7. The molecule has 0 spiro atoms. The van der Waals surface area contributed by atoms with E-state index in [0.29, 0.717) is 37.0 Å². The molecule has 1 aliphatic rings. The molecular formula is C25H35NO6. The lowest BCUT2D eigenvalue weighted by molar-refractivity contribution is 0.0436. The smallest absolute Gasteiger partial charge is 0.203 e. The summed E-state index contributed by atoms with van der Waals surface area (Å²) in [5, 5.41) is 0. The molecule has 0 bridgehead atoms. The fourth-order valence-corrected chi connectivity index (χ4v) is 4.03. The van der Waals surface area contributed by atoms with E-state index in [4.69, 9.17) is 34.2 Å². The average molecular weight is 446 g/mol. The largest absolute Gasteiger partial charge is 0.493 e. The van der Waals surface area contributed by atoms with Crippen LogP contribution in [-0.4, -0.2) is 41.1 Å². The Balaban J connectivity index is 1.85. The first-order valence-electron chi connectivity index (χ1n) is 11.1. The lowest BCUT2D eigenvalue weighted by atomic mass is 10.0. The Labute approximate surface area is 190 Å². The lowest BCUT2D eigenvalue weighted by Crippen LogP contribution is -2.12. The van der Waals surface area contributed by atoms with E-state index < -0.39 is 0 Å². The number of rotatable bonds is 11. The summed E-state index contributed by atoms with van der Waals surface area (Å²) in [5.74, 6) is 3.33. The predicted molar refractivity (Wildman–Crippen MR) is 123 cm³/mol. The van der Waals surface area contributed by atoms with Gasteiger partial charge in [-0.25, -0.2) is 0 Å². The molecule has 0 radical (unpaired) electrons. The highest BCUT2D eigenvalue weighted by atomic mass is 16.5. The minimum atomic E-state index is -0.0709. The summed E-state index contributed by atoms with van der Waals surface area (Å²) in [7, 11) is 4.84. The lowest BCUT2D eigenvalue weighted by Gasteiger charge is -2.20. The van der Waals surface area contributed by atoms with Crippen LogP contribution < -0.4 is 29.4 Å². The Kier molecular flexibility index (Phi) is 8.47. The van der Waals surface area contributed by atoms with Crippen molar-refractivity contribution in [3.63, 3.8) is 0 Å². The van der Waals surface area contributed by atoms with Crippen LogP contribution in [-0.2, 0) is 4.74 Å².